The van der Waals surface area contributed by atoms with Crippen LogP contribution >= 0.6 is 11.8 Å². The minimum Gasteiger partial charge on any atom is -0.455 e. The van der Waals surface area contributed by atoms with E-state index in [9.17, 15) is 13.6 Å². The largest absolute Gasteiger partial charge is 0.455 e. The predicted octanol–water partition coefficient (Wildman–Crippen LogP) is 2.71. The number of rotatable bonds is 5. The SMILES string of the molecule is O=C(Nc1ccn[nH]1)c1ccc(CSC(F)F)o1. The first-order chi connectivity index (χ1) is 8.65. The van der Waals surface area contributed by atoms with Crippen LogP contribution in [0.2, 0.25) is 0 Å². The van der Waals surface area contributed by atoms with Gasteiger partial charge in [0, 0.05) is 6.07 Å². The molecule has 1 amide bonds. The van der Waals surface area contributed by atoms with Crippen LogP contribution in [0, 0.1) is 0 Å². The van der Waals surface area contributed by atoms with Crippen molar-refractivity contribution in [3.05, 3.63) is 35.9 Å². The fourth-order valence-corrected chi connectivity index (χ4v) is 1.68. The van der Waals surface area contributed by atoms with Crippen molar-refractivity contribution >= 4 is 23.5 Å². The number of H-pyrrole nitrogens is 1. The molecule has 2 aromatic heterocycles. The Morgan fingerprint density at radius 2 is 2.33 bits per heavy atom. The van der Waals surface area contributed by atoms with Crippen molar-refractivity contribution in [2.24, 2.45) is 0 Å². The lowest BCUT2D eigenvalue weighted by Gasteiger charge is -1.99. The van der Waals surface area contributed by atoms with E-state index < -0.39 is 11.7 Å². The summed E-state index contributed by atoms with van der Waals surface area (Å²) in [5.41, 5.74) is 0. The van der Waals surface area contributed by atoms with Crippen LogP contribution in [0.4, 0.5) is 14.6 Å². The van der Waals surface area contributed by atoms with E-state index in [0.717, 1.165) is 0 Å². The summed E-state index contributed by atoms with van der Waals surface area (Å²) in [6, 6.07) is 4.51. The molecule has 0 radical (unpaired) electrons. The molecule has 5 nitrogen and oxygen atoms in total. The molecule has 0 aliphatic carbocycles. The van der Waals surface area contributed by atoms with E-state index in [1.165, 1.54) is 18.3 Å². The summed E-state index contributed by atoms with van der Waals surface area (Å²) < 4.78 is 29.1. The van der Waals surface area contributed by atoms with Gasteiger partial charge in [-0.2, -0.15) is 13.9 Å². The number of hydrogen-bond donors (Lipinski definition) is 2. The number of nitrogens with zero attached hydrogens (tertiary/aromatic N) is 1. The van der Waals surface area contributed by atoms with Crippen molar-refractivity contribution in [2.75, 3.05) is 5.32 Å². The van der Waals surface area contributed by atoms with Crippen molar-refractivity contribution in [3.8, 4) is 0 Å². The predicted molar refractivity (Wildman–Crippen MR) is 62.5 cm³/mol. The Kier molecular flexibility index (Phi) is 3.98. The third kappa shape index (κ3) is 3.33. The topological polar surface area (TPSA) is 70.9 Å². The van der Waals surface area contributed by atoms with Gasteiger partial charge >= 0.3 is 0 Å². The summed E-state index contributed by atoms with van der Waals surface area (Å²) in [5.74, 6) is -2.08. The van der Waals surface area contributed by atoms with E-state index in [4.69, 9.17) is 4.42 Å². The second-order valence-corrected chi connectivity index (χ2v) is 4.24. The highest BCUT2D eigenvalue weighted by Gasteiger charge is 2.13. The van der Waals surface area contributed by atoms with Gasteiger partial charge in [0.2, 0.25) is 0 Å². The number of aromatic nitrogens is 2. The molecule has 0 aliphatic heterocycles. The van der Waals surface area contributed by atoms with Crippen LogP contribution < -0.4 is 5.32 Å². The zero-order valence-corrected chi connectivity index (χ0v) is 9.84. The first-order valence-corrected chi connectivity index (χ1v) is 5.99. The lowest BCUT2D eigenvalue weighted by molar-refractivity contribution is 0.0995. The Balaban J connectivity index is 1.94. The molecule has 2 rings (SSSR count). The molecule has 0 fully saturated rings. The maximum atomic E-state index is 12.0. The van der Waals surface area contributed by atoms with Crippen LogP contribution in [0.25, 0.3) is 0 Å². The number of nitrogens with one attached hydrogen (secondary N) is 2. The number of thioether (sulfide) groups is 1. The molecule has 96 valence electrons. The average Bonchev–Trinajstić information content (AvgIpc) is 2.96. The quantitative estimate of drug-likeness (QED) is 0.878. The van der Waals surface area contributed by atoms with E-state index in [-0.39, 0.29) is 11.5 Å². The fourth-order valence-electron chi connectivity index (χ4n) is 1.23. The fraction of sp³-hybridized carbons (Fsp3) is 0.200. The summed E-state index contributed by atoms with van der Waals surface area (Å²) in [4.78, 5) is 11.7. The zero-order chi connectivity index (χ0) is 13.0. The number of anilines is 1. The lowest BCUT2D eigenvalue weighted by atomic mass is 10.4. The lowest BCUT2D eigenvalue weighted by Crippen LogP contribution is -2.11. The van der Waals surface area contributed by atoms with Crippen LogP contribution in [0.5, 0.6) is 0 Å². The van der Waals surface area contributed by atoms with Crippen molar-refractivity contribution in [2.45, 2.75) is 11.5 Å². The molecule has 0 atom stereocenters. The van der Waals surface area contributed by atoms with Gasteiger partial charge in [0.05, 0.1) is 11.9 Å². The van der Waals surface area contributed by atoms with Gasteiger partial charge in [-0.3, -0.25) is 9.89 Å². The molecule has 2 heterocycles. The minimum absolute atomic E-state index is 0.0228. The molecule has 0 saturated carbocycles. The number of carbonyl (C=O) groups is 1. The molecular formula is C10H9F2N3O2S. The molecule has 0 unspecified atom stereocenters. The van der Waals surface area contributed by atoms with Gasteiger partial charge in [0.25, 0.3) is 11.7 Å². The van der Waals surface area contributed by atoms with Crippen molar-refractivity contribution in [1.29, 1.82) is 0 Å². The number of halogens is 2. The Morgan fingerprint density at radius 1 is 1.50 bits per heavy atom. The van der Waals surface area contributed by atoms with Crippen LogP contribution in [0.3, 0.4) is 0 Å². The van der Waals surface area contributed by atoms with Gasteiger partial charge in [-0.05, 0) is 12.1 Å². The van der Waals surface area contributed by atoms with E-state index in [2.05, 4.69) is 15.5 Å². The normalized spacial score (nSPS) is 10.8. The highest BCUT2D eigenvalue weighted by Crippen LogP contribution is 2.21. The smallest absolute Gasteiger partial charge is 0.292 e. The molecule has 0 saturated heterocycles. The van der Waals surface area contributed by atoms with Gasteiger partial charge in [-0.15, -0.1) is 0 Å². The summed E-state index contributed by atoms with van der Waals surface area (Å²) in [6.45, 7) is 0. The standard InChI is InChI=1S/C10H9F2N3O2S/c11-10(12)18-5-6-1-2-7(17-6)9(16)14-8-3-4-13-15-8/h1-4,10H,5H2,(H2,13,14,15,16). The second kappa shape index (κ2) is 5.67. The Labute approximate surface area is 105 Å². The highest BCUT2D eigenvalue weighted by molar-refractivity contribution is 7.98. The minimum atomic E-state index is -2.46. The summed E-state index contributed by atoms with van der Waals surface area (Å²) in [6.07, 6.45) is 1.49. The Hall–Kier alpha value is -1.83. The van der Waals surface area contributed by atoms with Crippen molar-refractivity contribution < 1.29 is 18.0 Å². The highest BCUT2D eigenvalue weighted by atomic mass is 32.2. The van der Waals surface area contributed by atoms with Gasteiger partial charge in [0.15, 0.2) is 5.76 Å². The molecule has 8 heteroatoms. The number of furan rings is 1. The molecule has 2 N–H and O–H groups in total. The number of aromatic amines is 1. The molecular weight excluding hydrogens is 264 g/mol. The molecule has 0 bridgehead atoms. The molecule has 0 spiro atoms. The number of hydrogen-bond acceptors (Lipinski definition) is 4. The number of alkyl halides is 2. The summed E-state index contributed by atoms with van der Waals surface area (Å²) in [7, 11) is 0. The van der Waals surface area contributed by atoms with E-state index in [1.54, 1.807) is 6.07 Å². The van der Waals surface area contributed by atoms with Crippen LogP contribution in [0.1, 0.15) is 16.3 Å². The maximum Gasteiger partial charge on any atom is 0.292 e. The monoisotopic (exact) mass is 273 g/mol. The van der Waals surface area contributed by atoms with Crippen LogP contribution in [-0.2, 0) is 5.75 Å². The Morgan fingerprint density at radius 3 is 3.00 bits per heavy atom. The second-order valence-electron chi connectivity index (χ2n) is 3.26. The molecule has 0 aliphatic rings. The summed E-state index contributed by atoms with van der Waals surface area (Å²) in [5, 5.41) is 8.73. The molecule has 0 aromatic carbocycles. The summed E-state index contributed by atoms with van der Waals surface area (Å²) >= 11 is 0.440. The number of amides is 1. The number of carbonyl (C=O) groups excluding carboxylic acids is 1. The zero-order valence-electron chi connectivity index (χ0n) is 9.02. The van der Waals surface area contributed by atoms with Crippen molar-refractivity contribution in [1.82, 2.24) is 10.2 Å². The van der Waals surface area contributed by atoms with E-state index >= 15 is 0 Å². The van der Waals surface area contributed by atoms with Gasteiger partial charge in [-0.25, -0.2) is 0 Å². The molecule has 18 heavy (non-hydrogen) atoms. The molecule has 2 aromatic rings. The van der Waals surface area contributed by atoms with Crippen LogP contribution in [0.15, 0.2) is 28.8 Å². The van der Waals surface area contributed by atoms with Gasteiger partial charge < -0.3 is 9.73 Å². The van der Waals surface area contributed by atoms with Crippen molar-refractivity contribution in [3.63, 3.8) is 0 Å². The average molecular weight is 273 g/mol. The van der Waals surface area contributed by atoms with E-state index in [1.807, 2.05) is 0 Å². The third-order valence-electron chi connectivity index (χ3n) is 1.99. The first kappa shape index (κ1) is 12.6. The Bertz CT molecular complexity index is 513. The third-order valence-corrected chi connectivity index (χ3v) is 2.69. The van der Waals surface area contributed by atoms with Gasteiger partial charge in [0.1, 0.15) is 11.6 Å². The van der Waals surface area contributed by atoms with Gasteiger partial charge in [-0.1, -0.05) is 11.8 Å². The first-order valence-electron chi connectivity index (χ1n) is 4.94. The maximum absolute atomic E-state index is 12.0. The van der Waals surface area contributed by atoms with Crippen LogP contribution in [-0.4, -0.2) is 21.9 Å². The van der Waals surface area contributed by atoms with E-state index in [0.29, 0.717) is 23.3 Å².